The van der Waals surface area contributed by atoms with Crippen LogP contribution >= 0.6 is 0 Å². The van der Waals surface area contributed by atoms with Crippen LogP contribution in [0.25, 0.3) is 0 Å². The number of hydrogen-bond acceptors (Lipinski definition) is 4. The van der Waals surface area contributed by atoms with Gasteiger partial charge in [0.1, 0.15) is 5.69 Å². The molecular formula is C16H26N4O. The van der Waals surface area contributed by atoms with E-state index in [-0.39, 0.29) is 11.4 Å². The van der Waals surface area contributed by atoms with E-state index >= 15 is 0 Å². The molecule has 0 bridgehead atoms. The van der Waals surface area contributed by atoms with Gasteiger partial charge in [0, 0.05) is 37.1 Å². The summed E-state index contributed by atoms with van der Waals surface area (Å²) in [6.45, 7) is 5.97. The Morgan fingerprint density at radius 2 is 2.05 bits per heavy atom. The Morgan fingerprint density at radius 3 is 2.62 bits per heavy atom. The first kappa shape index (κ1) is 15.8. The molecule has 1 aliphatic rings. The number of nitrogens with one attached hydrogen (secondary N) is 1. The molecule has 0 aromatic carbocycles. The van der Waals surface area contributed by atoms with Gasteiger partial charge in [0.2, 0.25) is 0 Å². The fourth-order valence-electron chi connectivity index (χ4n) is 3.04. The zero-order valence-electron chi connectivity index (χ0n) is 13.1. The average Bonchev–Trinajstić information content (AvgIpc) is 2.97. The van der Waals surface area contributed by atoms with E-state index in [1.807, 2.05) is 26.0 Å². The minimum Gasteiger partial charge on any atom is -0.378 e. The molecule has 1 aromatic heterocycles. The van der Waals surface area contributed by atoms with E-state index in [0.717, 1.165) is 18.5 Å². The van der Waals surface area contributed by atoms with E-state index in [1.165, 1.54) is 12.8 Å². The Kier molecular flexibility index (Phi) is 5.17. The molecule has 1 heterocycles. The minimum atomic E-state index is -0.0170. The number of nitrogens with zero attached hydrogens (tertiary/aromatic N) is 2. The number of carbonyl (C=O) groups excluding carboxylic acids is 1. The third kappa shape index (κ3) is 3.53. The summed E-state index contributed by atoms with van der Waals surface area (Å²) in [7, 11) is 0. The Bertz CT molecular complexity index is 479. The lowest BCUT2D eigenvalue weighted by molar-refractivity contribution is 0.0767. The molecule has 5 nitrogen and oxygen atoms in total. The number of carbonyl (C=O) groups is 1. The SMILES string of the molecule is CCN(CC)C(=O)c1cc(NC2(CN)CCCC2)ccn1. The number of amides is 1. The van der Waals surface area contributed by atoms with Crippen LogP contribution in [0.4, 0.5) is 5.69 Å². The third-order valence-corrected chi connectivity index (χ3v) is 4.39. The number of hydrogen-bond donors (Lipinski definition) is 2. The van der Waals surface area contributed by atoms with Gasteiger partial charge in [0.05, 0.1) is 0 Å². The highest BCUT2D eigenvalue weighted by Crippen LogP contribution is 2.32. The Balaban J connectivity index is 2.16. The lowest BCUT2D eigenvalue weighted by Gasteiger charge is -2.30. The number of pyridine rings is 1. The second-order valence-electron chi connectivity index (χ2n) is 5.72. The highest BCUT2D eigenvalue weighted by atomic mass is 16.2. The second-order valence-corrected chi connectivity index (χ2v) is 5.72. The summed E-state index contributed by atoms with van der Waals surface area (Å²) in [5.74, 6) is -0.0168. The molecule has 0 spiro atoms. The zero-order valence-corrected chi connectivity index (χ0v) is 13.1. The summed E-state index contributed by atoms with van der Waals surface area (Å²) in [5, 5.41) is 3.54. The zero-order chi connectivity index (χ0) is 15.3. The second kappa shape index (κ2) is 6.89. The predicted molar refractivity (Wildman–Crippen MR) is 85.4 cm³/mol. The van der Waals surface area contributed by atoms with Crippen molar-refractivity contribution in [1.29, 1.82) is 0 Å². The fourth-order valence-corrected chi connectivity index (χ4v) is 3.04. The average molecular weight is 290 g/mol. The third-order valence-electron chi connectivity index (χ3n) is 4.39. The standard InChI is InChI=1S/C16H26N4O/c1-3-20(4-2)15(21)14-11-13(7-10-18-14)19-16(12-17)8-5-6-9-16/h7,10-11H,3-6,8-9,12,17H2,1-2H3,(H,18,19). The van der Waals surface area contributed by atoms with Crippen LogP contribution in [-0.4, -0.2) is 41.0 Å². The Hall–Kier alpha value is -1.62. The molecule has 116 valence electrons. The van der Waals surface area contributed by atoms with Gasteiger partial charge >= 0.3 is 0 Å². The summed E-state index contributed by atoms with van der Waals surface area (Å²) in [6.07, 6.45) is 6.29. The quantitative estimate of drug-likeness (QED) is 0.843. The van der Waals surface area contributed by atoms with Crippen LogP contribution in [0.2, 0.25) is 0 Å². The van der Waals surface area contributed by atoms with Crippen molar-refractivity contribution in [3.05, 3.63) is 24.0 Å². The molecule has 1 fully saturated rings. The van der Waals surface area contributed by atoms with Crippen LogP contribution in [0.1, 0.15) is 50.0 Å². The van der Waals surface area contributed by atoms with Crippen molar-refractivity contribution in [3.63, 3.8) is 0 Å². The summed E-state index contributed by atoms with van der Waals surface area (Å²) in [4.78, 5) is 18.4. The number of nitrogens with two attached hydrogens (primary N) is 1. The molecule has 3 N–H and O–H groups in total. The van der Waals surface area contributed by atoms with E-state index < -0.39 is 0 Å². The van der Waals surface area contributed by atoms with Crippen LogP contribution < -0.4 is 11.1 Å². The molecule has 0 atom stereocenters. The van der Waals surface area contributed by atoms with Crippen molar-refractivity contribution in [2.75, 3.05) is 25.0 Å². The molecule has 0 aliphatic heterocycles. The molecule has 0 unspecified atom stereocenters. The largest absolute Gasteiger partial charge is 0.378 e. The van der Waals surface area contributed by atoms with E-state index in [4.69, 9.17) is 5.73 Å². The van der Waals surface area contributed by atoms with Crippen LogP contribution in [0.5, 0.6) is 0 Å². The number of rotatable bonds is 6. The molecule has 0 radical (unpaired) electrons. The van der Waals surface area contributed by atoms with Crippen LogP contribution in [0, 0.1) is 0 Å². The maximum atomic E-state index is 12.4. The Labute approximate surface area is 126 Å². The van der Waals surface area contributed by atoms with Crippen molar-refractivity contribution in [3.8, 4) is 0 Å². The van der Waals surface area contributed by atoms with Gasteiger partial charge in [-0.3, -0.25) is 9.78 Å². The van der Waals surface area contributed by atoms with Crippen molar-refractivity contribution in [2.24, 2.45) is 5.73 Å². The van der Waals surface area contributed by atoms with Crippen LogP contribution in [-0.2, 0) is 0 Å². The molecule has 2 rings (SSSR count). The van der Waals surface area contributed by atoms with Crippen LogP contribution in [0.15, 0.2) is 18.3 Å². The predicted octanol–water partition coefficient (Wildman–Crippen LogP) is 2.25. The molecule has 1 amide bonds. The van der Waals surface area contributed by atoms with Crippen LogP contribution in [0.3, 0.4) is 0 Å². The molecular weight excluding hydrogens is 264 g/mol. The van der Waals surface area contributed by atoms with Crippen molar-refractivity contribution < 1.29 is 4.79 Å². The van der Waals surface area contributed by atoms with E-state index in [2.05, 4.69) is 10.3 Å². The van der Waals surface area contributed by atoms with Gasteiger partial charge in [-0.05, 0) is 38.8 Å². The normalized spacial score (nSPS) is 16.7. The first-order valence-electron chi connectivity index (χ1n) is 7.87. The summed E-state index contributed by atoms with van der Waals surface area (Å²) in [6, 6.07) is 3.76. The summed E-state index contributed by atoms with van der Waals surface area (Å²) < 4.78 is 0. The smallest absolute Gasteiger partial charge is 0.272 e. The summed E-state index contributed by atoms with van der Waals surface area (Å²) in [5.41, 5.74) is 7.37. The number of anilines is 1. The van der Waals surface area contributed by atoms with Crippen molar-refractivity contribution in [1.82, 2.24) is 9.88 Å². The highest BCUT2D eigenvalue weighted by molar-refractivity contribution is 5.93. The fraction of sp³-hybridized carbons (Fsp3) is 0.625. The van der Waals surface area contributed by atoms with Gasteiger partial charge in [-0.25, -0.2) is 0 Å². The summed E-state index contributed by atoms with van der Waals surface area (Å²) >= 11 is 0. The maximum absolute atomic E-state index is 12.4. The molecule has 1 aromatic rings. The van der Waals surface area contributed by atoms with E-state index in [1.54, 1.807) is 11.1 Å². The van der Waals surface area contributed by atoms with Gasteiger partial charge in [-0.1, -0.05) is 12.8 Å². The lowest BCUT2D eigenvalue weighted by Crippen LogP contribution is -2.42. The molecule has 1 saturated carbocycles. The monoisotopic (exact) mass is 290 g/mol. The minimum absolute atomic E-state index is 0.0168. The van der Waals surface area contributed by atoms with Gasteiger partial charge in [-0.2, -0.15) is 0 Å². The molecule has 5 heteroatoms. The van der Waals surface area contributed by atoms with E-state index in [9.17, 15) is 4.79 Å². The number of aromatic nitrogens is 1. The molecule has 21 heavy (non-hydrogen) atoms. The first-order valence-corrected chi connectivity index (χ1v) is 7.87. The molecule has 0 saturated heterocycles. The van der Waals surface area contributed by atoms with E-state index in [0.29, 0.717) is 25.3 Å². The molecule has 1 aliphatic carbocycles. The van der Waals surface area contributed by atoms with Gasteiger partial charge in [0.15, 0.2) is 0 Å². The van der Waals surface area contributed by atoms with Crippen molar-refractivity contribution in [2.45, 2.75) is 45.1 Å². The lowest BCUT2D eigenvalue weighted by atomic mass is 9.97. The van der Waals surface area contributed by atoms with Gasteiger partial charge < -0.3 is 16.0 Å². The highest BCUT2D eigenvalue weighted by Gasteiger charge is 2.32. The van der Waals surface area contributed by atoms with Gasteiger partial charge in [0.25, 0.3) is 5.91 Å². The van der Waals surface area contributed by atoms with Crippen molar-refractivity contribution >= 4 is 11.6 Å². The van der Waals surface area contributed by atoms with Gasteiger partial charge in [-0.15, -0.1) is 0 Å². The Morgan fingerprint density at radius 1 is 1.38 bits per heavy atom. The first-order chi connectivity index (χ1) is 10.1. The topological polar surface area (TPSA) is 71.2 Å². The maximum Gasteiger partial charge on any atom is 0.272 e.